The Labute approximate surface area is 147 Å². The number of piperazine rings is 1. The molecule has 2 aliphatic heterocycles. The topological polar surface area (TPSA) is 83.9 Å². The van der Waals surface area contributed by atoms with Gasteiger partial charge in [-0.3, -0.25) is 14.5 Å². The number of likely N-dealkylation sites (tertiary alicyclic amines) is 1. The van der Waals surface area contributed by atoms with Crippen LogP contribution in [0.15, 0.2) is 24.3 Å². The maximum absolute atomic E-state index is 12.8. The van der Waals surface area contributed by atoms with Gasteiger partial charge in [0.25, 0.3) is 0 Å². The van der Waals surface area contributed by atoms with E-state index < -0.39 is 0 Å². The molecule has 25 heavy (non-hydrogen) atoms. The van der Waals surface area contributed by atoms with Gasteiger partial charge >= 0.3 is 0 Å². The minimum atomic E-state index is -0.305. The molecule has 0 aromatic heterocycles. The van der Waals surface area contributed by atoms with Gasteiger partial charge in [-0.25, -0.2) is 0 Å². The third kappa shape index (κ3) is 4.11. The molecule has 0 bridgehead atoms. The van der Waals surface area contributed by atoms with Crippen molar-refractivity contribution >= 4 is 17.5 Å². The van der Waals surface area contributed by atoms with E-state index in [2.05, 4.69) is 0 Å². The molecule has 0 radical (unpaired) electrons. The lowest BCUT2D eigenvalue weighted by Crippen LogP contribution is -2.57. The maximum atomic E-state index is 12.8. The fourth-order valence-corrected chi connectivity index (χ4v) is 3.59. The Kier molecular flexibility index (Phi) is 5.24. The summed E-state index contributed by atoms with van der Waals surface area (Å²) in [6.45, 7) is 2.81. The predicted octanol–water partition coefficient (Wildman–Crippen LogP) is 1.46. The highest BCUT2D eigenvalue weighted by Gasteiger charge is 2.29. The van der Waals surface area contributed by atoms with Crippen molar-refractivity contribution in [1.29, 1.82) is 0 Å². The van der Waals surface area contributed by atoms with E-state index in [0.29, 0.717) is 65.0 Å². The zero-order valence-corrected chi connectivity index (χ0v) is 14.4. The molecule has 1 aromatic rings. The van der Waals surface area contributed by atoms with Crippen LogP contribution in [0.2, 0.25) is 0 Å². The monoisotopic (exact) mass is 347 g/mol. The second-order valence-corrected chi connectivity index (χ2v) is 6.85. The summed E-state index contributed by atoms with van der Waals surface area (Å²) in [4.78, 5) is 26.9. The van der Waals surface area contributed by atoms with E-state index in [9.17, 15) is 19.9 Å². The Morgan fingerprint density at radius 1 is 1.08 bits per heavy atom. The largest absolute Gasteiger partial charge is 0.633 e. The molecular weight excluding hydrogens is 322 g/mol. The zero-order valence-electron chi connectivity index (χ0n) is 14.4. The fourth-order valence-electron chi connectivity index (χ4n) is 3.59. The fraction of sp³-hybridized carbons (Fsp3) is 0.556. The van der Waals surface area contributed by atoms with E-state index in [1.807, 2.05) is 17.0 Å². The second-order valence-electron chi connectivity index (χ2n) is 6.85. The SMILES string of the molecule is O=C1CCCC(=O)N1CCC[N+]1([O-])CCN(c2ccccc2O)CC1. The standard InChI is InChI=1S/C18H25N3O4/c22-16-6-2-1-5-15(16)19-10-13-21(25,14-11-19)12-4-9-20-17(23)7-3-8-18(20)24/h1-2,5-6,22H,3-4,7-14H2. The molecule has 0 saturated carbocycles. The highest BCUT2D eigenvalue weighted by Crippen LogP contribution is 2.28. The molecule has 2 aliphatic rings. The van der Waals surface area contributed by atoms with E-state index in [-0.39, 0.29) is 22.2 Å². The summed E-state index contributed by atoms with van der Waals surface area (Å²) in [6, 6.07) is 7.15. The van der Waals surface area contributed by atoms with Gasteiger partial charge in [-0.2, -0.15) is 0 Å². The summed E-state index contributed by atoms with van der Waals surface area (Å²) >= 11 is 0. The Hall–Kier alpha value is -2.12. The number of hydrogen-bond acceptors (Lipinski definition) is 5. The molecule has 7 nitrogen and oxygen atoms in total. The molecule has 0 atom stereocenters. The van der Waals surface area contributed by atoms with Crippen molar-refractivity contribution in [2.75, 3.05) is 44.2 Å². The third-order valence-corrected chi connectivity index (χ3v) is 5.11. The highest BCUT2D eigenvalue weighted by molar-refractivity contribution is 5.97. The number of benzene rings is 1. The minimum absolute atomic E-state index is 0.113. The summed E-state index contributed by atoms with van der Waals surface area (Å²) in [5, 5.41) is 22.8. The van der Waals surface area contributed by atoms with Crippen LogP contribution in [0.5, 0.6) is 5.75 Å². The lowest BCUT2D eigenvalue weighted by Gasteiger charge is -2.49. The van der Waals surface area contributed by atoms with Crippen LogP contribution in [0.25, 0.3) is 0 Å². The number of quaternary nitrogens is 1. The number of rotatable bonds is 5. The van der Waals surface area contributed by atoms with Gasteiger partial charge in [0.05, 0.1) is 38.4 Å². The summed E-state index contributed by atoms with van der Waals surface area (Å²) < 4.78 is -0.305. The van der Waals surface area contributed by atoms with Crippen LogP contribution >= 0.6 is 0 Å². The van der Waals surface area contributed by atoms with Gasteiger partial charge in [-0.05, 0) is 18.6 Å². The van der Waals surface area contributed by atoms with Crippen molar-refractivity contribution in [1.82, 2.24) is 4.90 Å². The third-order valence-electron chi connectivity index (χ3n) is 5.11. The van der Waals surface area contributed by atoms with E-state index in [1.54, 1.807) is 12.1 Å². The number of phenolic OH excluding ortho intramolecular Hbond substituents is 1. The number of aromatic hydroxyl groups is 1. The van der Waals surface area contributed by atoms with Gasteiger partial charge in [0.1, 0.15) is 5.75 Å². The molecule has 1 N–H and O–H groups in total. The number of hydrogen-bond donors (Lipinski definition) is 1. The van der Waals surface area contributed by atoms with Crippen molar-refractivity contribution in [2.45, 2.75) is 25.7 Å². The molecule has 2 heterocycles. The van der Waals surface area contributed by atoms with Crippen LogP contribution < -0.4 is 4.90 Å². The molecule has 0 unspecified atom stereocenters. The molecule has 2 saturated heterocycles. The van der Waals surface area contributed by atoms with Crippen LogP contribution in [0, 0.1) is 5.21 Å². The Morgan fingerprint density at radius 3 is 2.36 bits per heavy atom. The number of phenols is 1. The van der Waals surface area contributed by atoms with Crippen molar-refractivity contribution in [3.8, 4) is 5.75 Å². The van der Waals surface area contributed by atoms with Gasteiger partial charge in [0.2, 0.25) is 11.8 Å². The van der Waals surface area contributed by atoms with Gasteiger partial charge in [-0.15, -0.1) is 0 Å². The Bertz CT molecular complexity index is 625. The normalized spacial score (nSPS) is 20.8. The van der Waals surface area contributed by atoms with Crippen LogP contribution in [0.4, 0.5) is 5.69 Å². The molecule has 0 aliphatic carbocycles. The first kappa shape index (κ1) is 17.7. The number of para-hydroxylation sites is 2. The van der Waals surface area contributed by atoms with Crippen LogP contribution in [-0.2, 0) is 9.59 Å². The number of nitrogens with zero attached hydrogens (tertiary/aromatic N) is 3. The molecule has 2 fully saturated rings. The van der Waals surface area contributed by atoms with E-state index in [0.717, 1.165) is 5.69 Å². The molecule has 1 aromatic carbocycles. The van der Waals surface area contributed by atoms with Gasteiger partial charge in [-0.1, -0.05) is 12.1 Å². The Balaban J connectivity index is 1.49. The number of imide groups is 1. The zero-order chi connectivity index (χ0) is 17.9. The second kappa shape index (κ2) is 7.41. The van der Waals surface area contributed by atoms with Crippen molar-refractivity contribution in [2.24, 2.45) is 0 Å². The van der Waals surface area contributed by atoms with Gasteiger partial charge in [0.15, 0.2) is 0 Å². The van der Waals surface area contributed by atoms with Crippen molar-refractivity contribution < 1.29 is 19.3 Å². The van der Waals surface area contributed by atoms with Crippen molar-refractivity contribution in [3.63, 3.8) is 0 Å². The first-order valence-corrected chi connectivity index (χ1v) is 8.92. The summed E-state index contributed by atoms with van der Waals surface area (Å²) in [6.07, 6.45) is 2.03. The van der Waals surface area contributed by atoms with Crippen LogP contribution in [0.3, 0.4) is 0 Å². The molecule has 0 spiro atoms. The van der Waals surface area contributed by atoms with E-state index in [1.165, 1.54) is 4.90 Å². The van der Waals surface area contributed by atoms with Crippen LogP contribution in [0.1, 0.15) is 25.7 Å². The molecule has 136 valence electrons. The summed E-state index contributed by atoms with van der Waals surface area (Å²) in [5.41, 5.74) is 0.762. The number of carbonyl (C=O) groups is 2. The van der Waals surface area contributed by atoms with Gasteiger partial charge in [0, 0.05) is 25.8 Å². The average molecular weight is 347 g/mol. The Morgan fingerprint density at radius 2 is 1.72 bits per heavy atom. The molecule has 3 rings (SSSR count). The summed E-state index contributed by atoms with van der Waals surface area (Å²) in [5.74, 6) is 0.00617. The first-order valence-electron chi connectivity index (χ1n) is 8.92. The molecule has 7 heteroatoms. The number of amides is 2. The summed E-state index contributed by atoms with van der Waals surface area (Å²) in [7, 11) is 0. The maximum Gasteiger partial charge on any atom is 0.229 e. The van der Waals surface area contributed by atoms with E-state index >= 15 is 0 Å². The number of hydroxylamine groups is 3. The number of piperidine rings is 1. The molecule has 2 amide bonds. The van der Waals surface area contributed by atoms with Crippen LogP contribution in [-0.4, -0.2) is 65.7 Å². The lowest BCUT2D eigenvalue weighted by molar-refractivity contribution is -0.881. The van der Waals surface area contributed by atoms with Crippen molar-refractivity contribution in [3.05, 3.63) is 29.5 Å². The number of anilines is 1. The van der Waals surface area contributed by atoms with E-state index in [4.69, 9.17) is 0 Å². The lowest BCUT2D eigenvalue weighted by atomic mass is 10.1. The smallest absolute Gasteiger partial charge is 0.229 e. The first-order chi connectivity index (χ1) is 12.0. The highest BCUT2D eigenvalue weighted by atomic mass is 16.5. The quantitative estimate of drug-likeness (QED) is 0.495. The average Bonchev–Trinajstić information content (AvgIpc) is 2.59. The van der Waals surface area contributed by atoms with Gasteiger partial charge < -0.3 is 19.9 Å². The molecular formula is C18H25N3O4. The minimum Gasteiger partial charge on any atom is -0.633 e. The number of carbonyl (C=O) groups excluding carboxylic acids is 2. The predicted molar refractivity (Wildman–Crippen MR) is 93.7 cm³/mol.